The highest BCUT2D eigenvalue weighted by Crippen LogP contribution is 2.26. The number of rotatable bonds is 7. The van der Waals surface area contributed by atoms with Crippen molar-refractivity contribution in [3.05, 3.63) is 70.8 Å². The monoisotopic (exact) mass is 490 g/mol. The third-order valence-corrected chi connectivity index (χ3v) is 6.92. The Balaban J connectivity index is 1.39. The minimum absolute atomic E-state index is 0.0253. The number of nitrogens with zero attached hydrogens (tertiary/aromatic N) is 6. The molecule has 2 aliphatic heterocycles. The van der Waals surface area contributed by atoms with E-state index in [1.54, 1.807) is 6.20 Å². The van der Waals surface area contributed by atoms with Crippen LogP contribution in [0.1, 0.15) is 57.9 Å². The Kier molecular flexibility index (Phi) is 7.18. The van der Waals surface area contributed by atoms with Crippen molar-refractivity contribution in [1.29, 1.82) is 0 Å². The summed E-state index contributed by atoms with van der Waals surface area (Å²) in [5.41, 5.74) is 4.13. The van der Waals surface area contributed by atoms with E-state index in [0.717, 1.165) is 29.8 Å². The van der Waals surface area contributed by atoms with Gasteiger partial charge >= 0.3 is 0 Å². The second kappa shape index (κ2) is 10.7. The minimum atomic E-state index is -0.0617. The van der Waals surface area contributed by atoms with Gasteiger partial charge in [-0.25, -0.2) is 0 Å². The Labute approximate surface area is 211 Å². The van der Waals surface area contributed by atoms with Gasteiger partial charge in [0.05, 0.1) is 26.3 Å². The van der Waals surface area contributed by atoms with Crippen molar-refractivity contribution in [2.45, 2.75) is 46.3 Å². The highest BCUT2D eigenvalue weighted by Gasteiger charge is 2.32. The molecule has 9 heteroatoms. The largest absolute Gasteiger partial charge is 0.378 e. The maximum absolute atomic E-state index is 13.5. The summed E-state index contributed by atoms with van der Waals surface area (Å²) in [7, 11) is 0. The molecule has 0 radical (unpaired) electrons. The molecular weight excluding hydrogens is 456 g/mol. The number of ether oxygens (including phenoxy) is 1. The average Bonchev–Trinajstić information content (AvgIpc) is 3.54. The van der Waals surface area contributed by atoms with E-state index in [0.29, 0.717) is 69.5 Å². The molecule has 0 atom stereocenters. The van der Waals surface area contributed by atoms with Gasteiger partial charge in [-0.3, -0.25) is 19.0 Å². The standard InChI is InChI=1S/C27H34N6O3/c1-20(2)7-12-33-24-8-11-31(19-23(24)25(29-33)27(35)30-13-15-36-16-14-30)26(34)22-6-3-5-21(17-22)18-32-10-4-9-28-32/h3-6,9-10,17,20H,7-8,11-16,18-19H2,1-2H3. The van der Waals surface area contributed by atoms with Crippen molar-refractivity contribution >= 4 is 11.8 Å². The third kappa shape index (κ3) is 5.21. The topological polar surface area (TPSA) is 85.5 Å². The molecule has 0 N–H and O–H groups in total. The molecule has 1 fully saturated rings. The number of aryl methyl sites for hydroxylation is 1. The fourth-order valence-electron chi connectivity index (χ4n) is 4.88. The van der Waals surface area contributed by atoms with Crippen molar-refractivity contribution in [1.82, 2.24) is 29.4 Å². The Morgan fingerprint density at radius 2 is 1.89 bits per heavy atom. The van der Waals surface area contributed by atoms with Gasteiger partial charge in [-0.05, 0) is 36.1 Å². The lowest BCUT2D eigenvalue weighted by Crippen LogP contribution is -2.42. The number of benzene rings is 1. The number of fused-ring (bicyclic) bond motifs is 1. The van der Waals surface area contributed by atoms with Crippen LogP contribution in [0.3, 0.4) is 0 Å². The zero-order chi connectivity index (χ0) is 25.1. The third-order valence-electron chi connectivity index (χ3n) is 6.92. The number of carbonyl (C=O) groups excluding carboxylic acids is 2. The minimum Gasteiger partial charge on any atom is -0.378 e. The molecule has 36 heavy (non-hydrogen) atoms. The predicted octanol–water partition coefficient (Wildman–Crippen LogP) is 2.84. The van der Waals surface area contributed by atoms with Gasteiger partial charge in [0.25, 0.3) is 11.8 Å². The van der Waals surface area contributed by atoms with Crippen molar-refractivity contribution < 1.29 is 14.3 Å². The zero-order valence-electron chi connectivity index (χ0n) is 21.1. The van der Waals surface area contributed by atoms with Gasteiger partial charge in [-0.2, -0.15) is 10.2 Å². The SMILES string of the molecule is CC(C)CCn1nc(C(=O)N2CCOCC2)c2c1CCN(C(=O)c1cccc(Cn3cccn3)c1)C2. The van der Waals surface area contributed by atoms with Crippen molar-refractivity contribution in [2.24, 2.45) is 5.92 Å². The summed E-state index contributed by atoms with van der Waals surface area (Å²) in [6.07, 6.45) is 5.34. The fraction of sp³-hybridized carbons (Fsp3) is 0.481. The van der Waals surface area contributed by atoms with Gasteiger partial charge in [0.2, 0.25) is 0 Å². The molecule has 4 heterocycles. The summed E-state index contributed by atoms with van der Waals surface area (Å²) in [6.45, 7) is 8.99. The first-order valence-corrected chi connectivity index (χ1v) is 12.8. The highest BCUT2D eigenvalue weighted by atomic mass is 16.5. The van der Waals surface area contributed by atoms with Crippen molar-refractivity contribution in [2.75, 3.05) is 32.8 Å². The molecule has 0 bridgehead atoms. The van der Waals surface area contributed by atoms with Gasteiger partial charge in [0.1, 0.15) is 0 Å². The Bertz CT molecular complexity index is 1210. The van der Waals surface area contributed by atoms with Crippen LogP contribution < -0.4 is 0 Å². The molecular formula is C27H34N6O3. The molecule has 0 spiro atoms. The van der Waals surface area contributed by atoms with Crippen LogP contribution in [0, 0.1) is 5.92 Å². The zero-order valence-corrected chi connectivity index (χ0v) is 21.1. The summed E-state index contributed by atoms with van der Waals surface area (Å²) < 4.78 is 9.28. The normalized spacial score (nSPS) is 15.9. The second-order valence-electron chi connectivity index (χ2n) is 9.96. The molecule has 9 nitrogen and oxygen atoms in total. The second-order valence-corrected chi connectivity index (χ2v) is 9.96. The number of aromatic nitrogens is 4. The van der Waals surface area contributed by atoms with Crippen molar-refractivity contribution in [3.8, 4) is 0 Å². The van der Waals surface area contributed by atoms with E-state index >= 15 is 0 Å². The molecule has 1 aromatic carbocycles. The van der Waals surface area contributed by atoms with E-state index in [1.165, 1.54) is 0 Å². The quantitative estimate of drug-likeness (QED) is 0.509. The van der Waals surface area contributed by atoms with E-state index in [4.69, 9.17) is 9.84 Å². The molecule has 2 aliphatic rings. The van der Waals surface area contributed by atoms with E-state index < -0.39 is 0 Å². The van der Waals surface area contributed by atoms with E-state index in [9.17, 15) is 9.59 Å². The summed E-state index contributed by atoms with van der Waals surface area (Å²) in [5, 5.41) is 9.06. The molecule has 190 valence electrons. The van der Waals surface area contributed by atoms with Gasteiger partial charge in [0.15, 0.2) is 5.69 Å². The lowest BCUT2D eigenvalue weighted by molar-refractivity contribution is 0.0296. The van der Waals surface area contributed by atoms with Crippen LogP contribution in [-0.2, 0) is 30.8 Å². The molecule has 2 aromatic heterocycles. The molecule has 2 amide bonds. The Morgan fingerprint density at radius 3 is 2.64 bits per heavy atom. The number of hydrogen-bond donors (Lipinski definition) is 0. The first-order chi connectivity index (χ1) is 17.5. The van der Waals surface area contributed by atoms with Gasteiger partial charge in [-0.15, -0.1) is 0 Å². The van der Waals surface area contributed by atoms with Crippen LogP contribution in [0.4, 0.5) is 0 Å². The first-order valence-electron chi connectivity index (χ1n) is 12.8. The fourth-order valence-corrected chi connectivity index (χ4v) is 4.88. The maximum atomic E-state index is 13.5. The Hall–Kier alpha value is -3.46. The smallest absolute Gasteiger partial charge is 0.274 e. The molecule has 1 saturated heterocycles. The molecule has 0 saturated carbocycles. The lowest BCUT2D eigenvalue weighted by Gasteiger charge is -2.29. The van der Waals surface area contributed by atoms with Gasteiger partial charge in [0, 0.05) is 61.8 Å². The van der Waals surface area contributed by atoms with Crippen LogP contribution >= 0.6 is 0 Å². The summed E-state index contributed by atoms with van der Waals surface area (Å²) in [6, 6.07) is 9.60. The summed E-state index contributed by atoms with van der Waals surface area (Å²) in [5.74, 6) is 0.454. The van der Waals surface area contributed by atoms with Crippen LogP contribution in [-0.4, -0.2) is 74.0 Å². The van der Waals surface area contributed by atoms with Crippen LogP contribution in [0.5, 0.6) is 0 Å². The van der Waals surface area contributed by atoms with Crippen LogP contribution in [0.2, 0.25) is 0 Å². The van der Waals surface area contributed by atoms with E-state index in [-0.39, 0.29) is 11.8 Å². The maximum Gasteiger partial charge on any atom is 0.274 e. The van der Waals surface area contributed by atoms with Crippen molar-refractivity contribution in [3.63, 3.8) is 0 Å². The summed E-state index contributed by atoms with van der Waals surface area (Å²) in [4.78, 5) is 30.6. The average molecular weight is 491 g/mol. The van der Waals surface area contributed by atoms with Gasteiger partial charge in [-0.1, -0.05) is 26.0 Å². The molecule has 0 aliphatic carbocycles. The lowest BCUT2D eigenvalue weighted by atomic mass is 10.0. The molecule has 5 rings (SSSR count). The number of morpholine rings is 1. The number of hydrogen-bond acceptors (Lipinski definition) is 5. The highest BCUT2D eigenvalue weighted by molar-refractivity contribution is 5.96. The number of amides is 2. The van der Waals surface area contributed by atoms with Crippen LogP contribution in [0.25, 0.3) is 0 Å². The first kappa shape index (κ1) is 24.2. The van der Waals surface area contributed by atoms with Gasteiger partial charge < -0.3 is 14.5 Å². The predicted molar refractivity (Wildman–Crippen MR) is 135 cm³/mol. The summed E-state index contributed by atoms with van der Waals surface area (Å²) >= 11 is 0. The van der Waals surface area contributed by atoms with E-state index in [2.05, 4.69) is 18.9 Å². The number of carbonyl (C=O) groups is 2. The molecule has 0 unspecified atom stereocenters. The van der Waals surface area contributed by atoms with E-state index in [1.807, 2.05) is 55.7 Å². The van der Waals surface area contributed by atoms with Crippen LogP contribution in [0.15, 0.2) is 42.7 Å². The molecule has 3 aromatic rings. The Morgan fingerprint density at radius 1 is 1.06 bits per heavy atom.